The second-order valence-electron chi connectivity index (χ2n) is 22.2. The van der Waals surface area contributed by atoms with E-state index in [0.717, 1.165) is 41.6 Å². The normalized spacial score (nSPS) is 17.1. The number of carbonyl (C=O) groups excluding carboxylic acids is 4. The van der Waals surface area contributed by atoms with Gasteiger partial charge in [-0.25, -0.2) is 42.3 Å². The van der Waals surface area contributed by atoms with Crippen LogP contribution in [0.5, 0.6) is 0 Å². The zero-order valence-corrected chi connectivity index (χ0v) is 49.7. The van der Waals surface area contributed by atoms with E-state index in [4.69, 9.17) is 42.7 Å². The number of amides is 3. The lowest BCUT2D eigenvalue weighted by Gasteiger charge is -2.40. The third kappa shape index (κ3) is 12.6. The molecule has 456 valence electrons. The van der Waals surface area contributed by atoms with Gasteiger partial charge in [-0.05, 0) is 58.9 Å². The molecule has 4 aliphatic heterocycles. The second-order valence-corrected chi connectivity index (χ2v) is 23.0. The zero-order chi connectivity index (χ0) is 62.4. The lowest BCUT2D eigenvalue weighted by atomic mass is 9.99. The number of hydrogen-bond acceptors (Lipinski definition) is 12. The highest BCUT2D eigenvalue weighted by atomic mass is 35.5. The molecule has 2 atom stereocenters. The van der Waals surface area contributed by atoms with Crippen LogP contribution in [0.1, 0.15) is 106 Å². The number of aryl methyl sites for hydroxylation is 2. The van der Waals surface area contributed by atoms with Crippen molar-refractivity contribution in [2.75, 3.05) is 45.6 Å². The topological polar surface area (TPSA) is 196 Å². The first-order valence-corrected chi connectivity index (χ1v) is 28.2. The van der Waals surface area contributed by atoms with Gasteiger partial charge in [-0.3, -0.25) is 23.7 Å². The van der Waals surface area contributed by atoms with Gasteiger partial charge >= 0.3 is 12.3 Å². The molecule has 1 N–H and O–H groups in total. The van der Waals surface area contributed by atoms with E-state index in [9.17, 15) is 45.1 Å². The van der Waals surface area contributed by atoms with Crippen molar-refractivity contribution in [1.82, 2.24) is 68.6 Å². The molecule has 28 heteroatoms. The van der Waals surface area contributed by atoms with Gasteiger partial charge in [-0.1, -0.05) is 24.3 Å². The third-order valence-electron chi connectivity index (χ3n) is 15.0. The Hall–Kier alpha value is -7.97. The van der Waals surface area contributed by atoms with Crippen molar-refractivity contribution in [3.8, 4) is 45.0 Å². The van der Waals surface area contributed by atoms with Crippen molar-refractivity contribution >= 4 is 69.2 Å². The molecule has 19 nitrogen and oxygen atoms in total. The van der Waals surface area contributed by atoms with Gasteiger partial charge in [0, 0.05) is 117 Å². The molecule has 2 aromatic carbocycles. The highest BCUT2D eigenvalue weighted by Gasteiger charge is 2.42. The number of rotatable bonds is 8. The first-order chi connectivity index (χ1) is 40.6. The van der Waals surface area contributed by atoms with E-state index < -0.39 is 43.0 Å². The van der Waals surface area contributed by atoms with E-state index in [-0.39, 0.29) is 57.5 Å². The smallest absolute Gasteiger partial charge is 0.444 e. The molecule has 10 heterocycles. The fourth-order valence-electron chi connectivity index (χ4n) is 10.9. The zero-order valence-electron chi connectivity index (χ0n) is 48.2. The number of likely N-dealkylation sites (N-methyl/N-ethyl adjacent to an activating group) is 2. The summed E-state index contributed by atoms with van der Waals surface area (Å²) in [6.45, 7) is 12.3. The number of fused-ring (bicyclic) bond motifs is 4. The predicted molar refractivity (Wildman–Crippen MR) is 307 cm³/mol. The van der Waals surface area contributed by atoms with Gasteiger partial charge in [-0.15, -0.1) is 23.2 Å². The molecule has 0 bridgehead atoms. The van der Waals surface area contributed by atoms with Crippen LogP contribution >= 0.6 is 23.2 Å². The molecule has 0 saturated carbocycles. The summed E-state index contributed by atoms with van der Waals surface area (Å²) in [5, 5.41) is 12.9. The van der Waals surface area contributed by atoms with Crippen LogP contribution in [0, 0.1) is 0 Å². The maximum absolute atomic E-state index is 14.4. The Balaban J connectivity index is 0.000000182. The van der Waals surface area contributed by atoms with E-state index in [2.05, 4.69) is 25.5 Å². The minimum Gasteiger partial charge on any atom is -0.444 e. The molecule has 86 heavy (non-hydrogen) atoms. The highest BCUT2D eigenvalue weighted by Crippen LogP contribution is 2.43. The van der Waals surface area contributed by atoms with Crippen molar-refractivity contribution < 1.29 is 54.6 Å². The monoisotopic (exact) mass is 1240 g/mol. The van der Waals surface area contributed by atoms with E-state index in [1.165, 1.54) is 18.3 Å². The number of carbonyl (C=O) groups is 4. The van der Waals surface area contributed by atoms with Gasteiger partial charge in [0.1, 0.15) is 29.3 Å². The summed E-state index contributed by atoms with van der Waals surface area (Å²) < 4.78 is 101. The fraction of sp³-hybridized carbons (Fsp3) is 0.414. The number of hydrogen-bond donors (Lipinski definition) is 1. The summed E-state index contributed by atoms with van der Waals surface area (Å²) in [5.74, 6) is 1.66. The van der Waals surface area contributed by atoms with E-state index in [0.29, 0.717) is 76.2 Å². The number of aromatic nitrogens is 10. The Bertz CT molecular complexity index is 3870. The van der Waals surface area contributed by atoms with Gasteiger partial charge < -0.3 is 33.9 Å². The molecular formula is C58H61Cl2F7N14O5. The van der Waals surface area contributed by atoms with Crippen LogP contribution in [0.4, 0.5) is 35.5 Å². The van der Waals surface area contributed by atoms with Crippen molar-refractivity contribution in [3.63, 3.8) is 0 Å². The molecule has 0 aliphatic carbocycles. The Morgan fingerprint density at radius 3 is 1.43 bits per heavy atom. The third-order valence-corrected chi connectivity index (χ3v) is 15.0. The largest absolute Gasteiger partial charge is 0.446 e. The summed E-state index contributed by atoms with van der Waals surface area (Å²) >= 11 is 9.53. The molecule has 12 rings (SSSR count). The molecule has 2 unspecified atom stereocenters. The summed E-state index contributed by atoms with van der Waals surface area (Å²) in [6, 6.07) is 13.2. The molecule has 0 radical (unpaired) electrons. The maximum Gasteiger partial charge on any atom is 0.446 e. The van der Waals surface area contributed by atoms with Crippen LogP contribution in [0.25, 0.3) is 66.8 Å². The summed E-state index contributed by atoms with van der Waals surface area (Å²) in [7, 11) is 6.99. The van der Waals surface area contributed by atoms with E-state index in [1.54, 1.807) is 76.9 Å². The SMILES string of the molecule is CC1C(=O)N(C)Cc2c(-c3cccc4nc(-c5cnn(C)c5)c(C(F)F)cc34)nc(C3CN(C(=O)OC(C)(C)C)C3)n21.CC1C(=O)N(C)Cc2c(-c3cccc4nc(-c5cnn(C)c5)c(C(F)F)cc34)nc(C3CNC3)n21.ClCCl.O=CC(F)(F)F. The van der Waals surface area contributed by atoms with E-state index in [1.807, 2.05) is 74.1 Å². The van der Waals surface area contributed by atoms with Gasteiger partial charge in [0.2, 0.25) is 18.1 Å². The lowest BCUT2D eigenvalue weighted by Crippen LogP contribution is -2.51. The molecular weight excluding hydrogens is 1180 g/mol. The lowest BCUT2D eigenvalue weighted by molar-refractivity contribution is -0.156. The Labute approximate surface area is 499 Å². The first kappa shape index (κ1) is 62.6. The Kier molecular flexibility index (Phi) is 18.0. The molecule has 2 saturated heterocycles. The average Bonchev–Trinajstić information content (AvgIpc) is 1.63. The van der Waals surface area contributed by atoms with Crippen molar-refractivity contribution in [3.05, 3.63) is 107 Å². The van der Waals surface area contributed by atoms with Crippen LogP contribution in [0.2, 0.25) is 0 Å². The molecule has 2 fully saturated rings. The number of benzene rings is 2. The van der Waals surface area contributed by atoms with Crippen LogP contribution < -0.4 is 5.32 Å². The minimum absolute atomic E-state index is 0.0377. The van der Waals surface area contributed by atoms with Gasteiger partial charge in [0.05, 0.1) is 81.9 Å². The fourth-order valence-corrected chi connectivity index (χ4v) is 10.9. The average molecular weight is 1240 g/mol. The summed E-state index contributed by atoms with van der Waals surface area (Å²) in [6.07, 6.45) is -5.14. The van der Waals surface area contributed by atoms with Gasteiger partial charge in [0.15, 0.2) is 0 Å². The summed E-state index contributed by atoms with van der Waals surface area (Å²) in [4.78, 5) is 71.5. The van der Waals surface area contributed by atoms with Crippen LogP contribution in [-0.2, 0) is 46.3 Å². The van der Waals surface area contributed by atoms with Crippen LogP contribution in [0.15, 0.2) is 73.3 Å². The number of nitrogens with one attached hydrogen (secondary N) is 1. The second kappa shape index (κ2) is 24.8. The van der Waals surface area contributed by atoms with Crippen molar-refractivity contribution in [1.29, 1.82) is 0 Å². The number of aldehydes is 1. The molecule has 6 aromatic heterocycles. The van der Waals surface area contributed by atoms with Crippen molar-refractivity contribution in [2.24, 2.45) is 14.1 Å². The summed E-state index contributed by atoms with van der Waals surface area (Å²) in [5.41, 5.74) is 6.16. The van der Waals surface area contributed by atoms with Crippen LogP contribution in [0.3, 0.4) is 0 Å². The molecule has 0 spiro atoms. The maximum atomic E-state index is 14.4. The number of nitrogens with zero attached hydrogens (tertiary/aromatic N) is 13. The quantitative estimate of drug-likeness (QED) is 0.0860. The van der Waals surface area contributed by atoms with Crippen LogP contribution in [-0.4, -0.2) is 145 Å². The number of likely N-dealkylation sites (tertiary alicyclic amines) is 1. The number of imidazole rings is 2. The number of pyridine rings is 2. The van der Waals surface area contributed by atoms with Gasteiger partial charge in [0.25, 0.3) is 12.9 Å². The first-order valence-electron chi connectivity index (χ1n) is 27.1. The molecule has 4 aliphatic rings. The number of halogens is 9. The number of ether oxygens (including phenoxy) is 1. The molecule has 3 amide bonds. The predicted octanol–water partition coefficient (Wildman–Crippen LogP) is 11.1. The highest BCUT2D eigenvalue weighted by molar-refractivity contribution is 6.40. The number of alkyl halides is 9. The molecule has 8 aromatic rings. The minimum atomic E-state index is -4.64. The van der Waals surface area contributed by atoms with Crippen molar-refractivity contribution in [2.45, 2.75) is 96.3 Å². The standard InChI is InChI=1S/C30H33F2N7O3.C25H25F2N7O.C2HF3O.CH2Cl2/c1-16-28(40)36(5)15-23-25(35-27(39(16)23)18-13-38(14-18)29(41)42-30(2,3)4)19-8-7-9-22-20(19)10-21(26(31)32)24(34-22)17-11-33-37(6)12-17;1-13-25(35)32(2)12-20-22(31-24(34(13)20)14-8-28-9-14)16-5-4-6-19-17(16)7-18(23(26)27)21(30-19)15-10-29-33(3)11-15;3-2(4,5)1-6;2-1-3/h7-12,16,18,26H,13-15H2,1-6H3;4-7,10-11,13-14,23,28H,8-9,12H2,1-3H3;1H;1H2. The van der Waals surface area contributed by atoms with Gasteiger partial charge in [-0.2, -0.15) is 23.4 Å². The van der Waals surface area contributed by atoms with E-state index >= 15 is 0 Å². The Morgan fingerprint density at radius 2 is 1.09 bits per heavy atom. The Morgan fingerprint density at radius 1 is 0.686 bits per heavy atom.